The number of fused-ring (bicyclic) bond motifs is 1. The van der Waals surface area contributed by atoms with Gasteiger partial charge in [0.1, 0.15) is 11.3 Å². The Balaban J connectivity index is 1.84. The highest BCUT2D eigenvalue weighted by atomic mass is 16.4. The molecule has 2 aromatic carbocycles. The van der Waals surface area contributed by atoms with Gasteiger partial charge in [-0.2, -0.15) is 0 Å². The lowest BCUT2D eigenvalue weighted by Gasteiger charge is -2.31. The largest absolute Gasteiger partial charge is 0.507 e. The third-order valence-electron chi connectivity index (χ3n) is 5.20. The van der Waals surface area contributed by atoms with Crippen molar-refractivity contribution in [2.45, 2.75) is 26.3 Å². The molecule has 0 spiro atoms. The highest BCUT2D eigenvalue weighted by molar-refractivity contribution is 5.95. The summed E-state index contributed by atoms with van der Waals surface area (Å²) in [6.45, 7) is 4.85. The van der Waals surface area contributed by atoms with Crippen molar-refractivity contribution in [1.82, 2.24) is 4.90 Å². The van der Waals surface area contributed by atoms with Gasteiger partial charge in [-0.3, -0.25) is 4.90 Å². The molecule has 4 nitrogen and oxygen atoms in total. The van der Waals surface area contributed by atoms with Gasteiger partial charge in [-0.15, -0.1) is 0 Å². The van der Waals surface area contributed by atoms with Crippen molar-refractivity contribution in [1.29, 1.82) is 0 Å². The van der Waals surface area contributed by atoms with Gasteiger partial charge in [0, 0.05) is 24.5 Å². The summed E-state index contributed by atoms with van der Waals surface area (Å²) in [6, 6.07) is 14.9. The molecule has 1 aliphatic rings. The molecular formula is C22H23NO3. The second kappa shape index (κ2) is 6.96. The average molecular weight is 349 g/mol. The Morgan fingerprint density at radius 2 is 2.00 bits per heavy atom. The predicted octanol–water partition coefficient (Wildman–Crippen LogP) is 4.40. The molecule has 3 aromatic rings. The quantitative estimate of drug-likeness (QED) is 0.712. The maximum atomic E-state index is 12.2. The zero-order valence-corrected chi connectivity index (χ0v) is 14.9. The first kappa shape index (κ1) is 16.9. The Morgan fingerprint density at radius 1 is 1.19 bits per heavy atom. The van der Waals surface area contributed by atoms with Crippen LogP contribution in [0.5, 0.6) is 5.75 Å². The lowest BCUT2D eigenvalue weighted by atomic mass is 9.97. The van der Waals surface area contributed by atoms with Gasteiger partial charge in [0.15, 0.2) is 0 Å². The SMILES string of the molecule is C[C@@H]1CCCN(Cc2c(O)ccc3c(-c4ccccc4)cc(=O)oc23)C1. The minimum Gasteiger partial charge on any atom is -0.507 e. The van der Waals surface area contributed by atoms with E-state index >= 15 is 0 Å². The molecule has 26 heavy (non-hydrogen) atoms. The van der Waals surface area contributed by atoms with E-state index in [0.29, 0.717) is 23.6 Å². The van der Waals surface area contributed by atoms with Crippen molar-refractivity contribution in [3.63, 3.8) is 0 Å². The minimum absolute atomic E-state index is 0.184. The van der Waals surface area contributed by atoms with Gasteiger partial charge >= 0.3 is 5.63 Å². The van der Waals surface area contributed by atoms with E-state index in [0.717, 1.165) is 36.0 Å². The van der Waals surface area contributed by atoms with Gasteiger partial charge in [0.25, 0.3) is 0 Å². The third-order valence-corrected chi connectivity index (χ3v) is 5.20. The number of aromatic hydroxyl groups is 1. The highest BCUT2D eigenvalue weighted by Crippen LogP contribution is 2.34. The van der Waals surface area contributed by atoms with Crippen molar-refractivity contribution in [3.05, 3.63) is 64.5 Å². The van der Waals surface area contributed by atoms with Crippen LogP contribution < -0.4 is 5.63 Å². The number of hydrogen-bond donors (Lipinski definition) is 1. The molecule has 0 amide bonds. The predicted molar refractivity (Wildman–Crippen MR) is 103 cm³/mol. The van der Waals surface area contributed by atoms with Crippen molar-refractivity contribution in [3.8, 4) is 16.9 Å². The summed E-state index contributed by atoms with van der Waals surface area (Å²) >= 11 is 0. The summed E-state index contributed by atoms with van der Waals surface area (Å²) < 4.78 is 5.56. The van der Waals surface area contributed by atoms with E-state index in [1.54, 1.807) is 6.07 Å². The van der Waals surface area contributed by atoms with E-state index in [1.165, 1.54) is 12.5 Å². The van der Waals surface area contributed by atoms with Crippen LogP contribution in [-0.4, -0.2) is 23.1 Å². The molecule has 0 aliphatic carbocycles. The first-order valence-corrected chi connectivity index (χ1v) is 9.18. The van der Waals surface area contributed by atoms with Crippen LogP contribution in [0.2, 0.25) is 0 Å². The van der Waals surface area contributed by atoms with Crippen LogP contribution in [0.3, 0.4) is 0 Å². The zero-order chi connectivity index (χ0) is 18.1. The standard InChI is InChI=1S/C22H23NO3/c1-15-6-5-11-23(13-15)14-19-20(24)10-9-17-18(12-21(25)26-22(17)19)16-7-3-2-4-8-16/h2-4,7-10,12,15,24H,5-6,11,13-14H2,1H3/t15-/m1/s1. The molecule has 2 heterocycles. The number of nitrogens with zero attached hydrogens (tertiary/aromatic N) is 1. The average Bonchev–Trinajstić information content (AvgIpc) is 2.64. The Hall–Kier alpha value is -2.59. The van der Waals surface area contributed by atoms with Crippen LogP contribution >= 0.6 is 0 Å². The molecule has 4 rings (SSSR count). The summed E-state index contributed by atoms with van der Waals surface area (Å²) in [6.07, 6.45) is 2.40. The van der Waals surface area contributed by atoms with E-state index in [-0.39, 0.29) is 5.75 Å². The molecule has 1 aromatic heterocycles. The van der Waals surface area contributed by atoms with Gasteiger partial charge < -0.3 is 9.52 Å². The first-order valence-electron chi connectivity index (χ1n) is 9.18. The van der Waals surface area contributed by atoms with Gasteiger partial charge in [-0.1, -0.05) is 37.3 Å². The fraction of sp³-hybridized carbons (Fsp3) is 0.318. The Kier molecular flexibility index (Phi) is 4.51. The number of phenolic OH excluding ortho intramolecular Hbond substituents is 1. The normalized spacial score (nSPS) is 18.3. The van der Waals surface area contributed by atoms with Gasteiger partial charge in [-0.25, -0.2) is 4.79 Å². The molecule has 0 saturated carbocycles. The minimum atomic E-state index is -0.393. The topological polar surface area (TPSA) is 53.7 Å². The maximum absolute atomic E-state index is 12.2. The van der Waals surface area contributed by atoms with Crippen molar-refractivity contribution in [2.75, 3.05) is 13.1 Å². The van der Waals surface area contributed by atoms with E-state index in [9.17, 15) is 9.90 Å². The molecule has 134 valence electrons. The number of rotatable bonds is 3. The second-order valence-electron chi connectivity index (χ2n) is 7.27. The number of piperidine rings is 1. The molecule has 0 radical (unpaired) electrons. The molecule has 1 N–H and O–H groups in total. The molecular weight excluding hydrogens is 326 g/mol. The monoisotopic (exact) mass is 349 g/mol. The fourth-order valence-corrected chi connectivity index (χ4v) is 3.94. The lowest BCUT2D eigenvalue weighted by molar-refractivity contribution is 0.175. The first-order chi connectivity index (χ1) is 12.6. The summed E-state index contributed by atoms with van der Waals surface area (Å²) in [7, 11) is 0. The molecule has 0 bridgehead atoms. The number of phenols is 1. The smallest absolute Gasteiger partial charge is 0.336 e. The molecule has 1 saturated heterocycles. The molecule has 1 aliphatic heterocycles. The molecule has 1 atom stereocenters. The Bertz CT molecular complexity index is 978. The van der Waals surface area contributed by atoms with E-state index in [4.69, 9.17) is 4.42 Å². The van der Waals surface area contributed by atoms with Crippen LogP contribution in [0.15, 0.2) is 57.7 Å². The lowest BCUT2D eigenvalue weighted by Crippen LogP contribution is -2.33. The maximum Gasteiger partial charge on any atom is 0.336 e. The zero-order valence-electron chi connectivity index (χ0n) is 14.9. The van der Waals surface area contributed by atoms with Crippen LogP contribution in [0.4, 0.5) is 0 Å². The van der Waals surface area contributed by atoms with Gasteiger partial charge in [0.05, 0.1) is 5.56 Å². The van der Waals surface area contributed by atoms with Crippen LogP contribution in [-0.2, 0) is 6.54 Å². The Labute approximate surface area is 152 Å². The van der Waals surface area contributed by atoms with Crippen LogP contribution in [0.25, 0.3) is 22.1 Å². The van der Waals surface area contributed by atoms with E-state index in [1.807, 2.05) is 36.4 Å². The van der Waals surface area contributed by atoms with Crippen LogP contribution in [0, 0.1) is 5.92 Å². The molecule has 4 heteroatoms. The van der Waals surface area contributed by atoms with E-state index in [2.05, 4.69) is 11.8 Å². The fourth-order valence-electron chi connectivity index (χ4n) is 3.94. The summed E-state index contributed by atoms with van der Waals surface area (Å²) in [5.41, 5.74) is 2.61. The summed E-state index contributed by atoms with van der Waals surface area (Å²) in [5.74, 6) is 0.830. The van der Waals surface area contributed by atoms with Gasteiger partial charge in [0.2, 0.25) is 0 Å². The van der Waals surface area contributed by atoms with Crippen molar-refractivity contribution < 1.29 is 9.52 Å². The van der Waals surface area contributed by atoms with Gasteiger partial charge in [-0.05, 0) is 48.6 Å². The summed E-state index contributed by atoms with van der Waals surface area (Å²) in [5, 5.41) is 11.3. The second-order valence-corrected chi connectivity index (χ2v) is 7.27. The van der Waals surface area contributed by atoms with Crippen molar-refractivity contribution >= 4 is 11.0 Å². The third kappa shape index (κ3) is 3.25. The number of hydrogen-bond acceptors (Lipinski definition) is 4. The Morgan fingerprint density at radius 3 is 2.77 bits per heavy atom. The molecule has 1 fully saturated rings. The molecule has 0 unspecified atom stereocenters. The van der Waals surface area contributed by atoms with Crippen LogP contribution in [0.1, 0.15) is 25.3 Å². The van der Waals surface area contributed by atoms with E-state index < -0.39 is 5.63 Å². The van der Waals surface area contributed by atoms with Crippen molar-refractivity contribution in [2.24, 2.45) is 5.92 Å². The highest BCUT2D eigenvalue weighted by Gasteiger charge is 2.21. The number of benzene rings is 2. The number of likely N-dealkylation sites (tertiary alicyclic amines) is 1. The summed E-state index contributed by atoms with van der Waals surface area (Å²) in [4.78, 5) is 14.6.